The Balaban J connectivity index is 4.23. The van der Waals surface area contributed by atoms with E-state index < -0.39 is 0 Å². The van der Waals surface area contributed by atoms with Gasteiger partial charge in [-0.1, -0.05) is 6.92 Å². The first kappa shape index (κ1) is 11.9. The van der Waals surface area contributed by atoms with Gasteiger partial charge in [-0.05, 0) is 27.3 Å². The Labute approximate surface area is 75.6 Å². The second-order valence-electron chi connectivity index (χ2n) is 3.85. The van der Waals surface area contributed by atoms with Gasteiger partial charge in [0, 0.05) is 18.1 Å². The lowest BCUT2D eigenvalue weighted by molar-refractivity contribution is 0.0632. The molecule has 12 heavy (non-hydrogen) atoms. The molecule has 0 heterocycles. The molecule has 0 radical (unpaired) electrons. The maximum Gasteiger partial charge on any atom is 0.0599 e. The van der Waals surface area contributed by atoms with Gasteiger partial charge in [-0.25, -0.2) is 0 Å². The van der Waals surface area contributed by atoms with Crippen LogP contribution in [0.4, 0.5) is 0 Å². The molecule has 0 aliphatic heterocycles. The van der Waals surface area contributed by atoms with E-state index in [9.17, 15) is 0 Å². The van der Waals surface area contributed by atoms with E-state index in [1.165, 1.54) is 0 Å². The molecule has 3 N–H and O–H groups in total. The number of aliphatic hydroxyl groups excluding tert-OH is 1. The van der Waals surface area contributed by atoms with Crippen LogP contribution in [0, 0.1) is 0 Å². The van der Waals surface area contributed by atoms with Crippen LogP contribution in [0.2, 0.25) is 0 Å². The van der Waals surface area contributed by atoms with Gasteiger partial charge in [0.25, 0.3) is 0 Å². The monoisotopic (exact) mass is 174 g/mol. The molecule has 3 nitrogen and oxygen atoms in total. The molecule has 0 aliphatic carbocycles. The summed E-state index contributed by atoms with van der Waals surface area (Å²) in [4.78, 5) is 2.15. The molecule has 0 aromatic rings. The Morgan fingerprint density at radius 3 is 2.25 bits per heavy atom. The van der Waals surface area contributed by atoms with Gasteiger partial charge in [0.1, 0.15) is 0 Å². The highest BCUT2D eigenvalue weighted by molar-refractivity contribution is 4.83. The number of nitrogens with zero attached hydrogens (tertiary/aromatic N) is 1. The maximum atomic E-state index is 9.03. The summed E-state index contributed by atoms with van der Waals surface area (Å²) in [5.41, 5.74) is 5.65. The number of hydrogen-bond donors (Lipinski definition) is 2. The van der Waals surface area contributed by atoms with Gasteiger partial charge in [-0.15, -0.1) is 0 Å². The first-order valence-electron chi connectivity index (χ1n) is 4.53. The van der Waals surface area contributed by atoms with Gasteiger partial charge in [0.05, 0.1) is 6.61 Å². The molecule has 0 spiro atoms. The lowest BCUT2D eigenvalue weighted by Crippen LogP contribution is -2.51. The summed E-state index contributed by atoms with van der Waals surface area (Å²) in [5.74, 6) is 0. The van der Waals surface area contributed by atoms with E-state index in [1.54, 1.807) is 0 Å². The van der Waals surface area contributed by atoms with Gasteiger partial charge < -0.3 is 10.8 Å². The van der Waals surface area contributed by atoms with E-state index in [-0.39, 0.29) is 18.2 Å². The summed E-state index contributed by atoms with van der Waals surface area (Å²) in [6, 6.07) is 0.0833. The summed E-state index contributed by atoms with van der Waals surface area (Å²) in [5, 5.41) is 9.03. The molecular formula is C9H22N2O. The zero-order valence-electron chi connectivity index (χ0n) is 8.67. The summed E-state index contributed by atoms with van der Waals surface area (Å²) < 4.78 is 0. The quantitative estimate of drug-likeness (QED) is 0.635. The standard InChI is InChI=1S/C9H22N2O/c1-5-9(2,3)11(4)8(6-10)7-12/h8,12H,5-7,10H2,1-4H3. The highest BCUT2D eigenvalue weighted by Gasteiger charge is 2.26. The molecule has 74 valence electrons. The van der Waals surface area contributed by atoms with Crippen LogP contribution in [-0.4, -0.2) is 41.8 Å². The maximum absolute atomic E-state index is 9.03. The van der Waals surface area contributed by atoms with E-state index in [2.05, 4.69) is 25.7 Å². The average molecular weight is 174 g/mol. The van der Waals surface area contributed by atoms with E-state index >= 15 is 0 Å². The van der Waals surface area contributed by atoms with Crippen molar-refractivity contribution >= 4 is 0 Å². The van der Waals surface area contributed by atoms with E-state index in [0.29, 0.717) is 6.54 Å². The van der Waals surface area contributed by atoms with Gasteiger partial charge in [0.15, 0.2) is 0 Å². The minimum absolute atomic E-state index is 0.0833. The number of aliphatic hydroxyl groups is 1. The summed E-state index contributed by atoms with van der Waals surface area (Å²) in [6.45, 7) is 7.10. The fourth-order valence-electron chi connectivity index (χ4n) is 1.10. The lowest BCUT2D eigenvalue weighted by atomic mass is 9.98. The van der Waals surface area contributed by atoms with E-state index in [0.717, 1.165) is 6.42 Å². The molecule has 0 amide bonds. The summed E-state index contributed by atoms with van der Waals surface area (Å²) in [6.07, 6.45) is 1.06. The molecule has 0 fully saturated rings. The highest BCUT2D eigenvalue weighted by Crippen LogP contribution is 2.18. The van der Waals surface area contributed by atoms with Crippen LogP contribution in [0.5, 0.6) is 0 Å². The zero-order valence-corrected chi connectivity index (χ0v) is 8.67. The van der Waals surface area contributed by atoms with Crippen molar-refractivity contribution in [2.45, 2.75) is 38.8 Å². The molecule has 0 aromatic carbocycles. The fraction of sp³-hybridized carbons (Fsp3) is 1.00. The third kappa shape index (κ3) is 2.73. The van der Waals surface area contributed by atoms with Crippen molar-refractivity contribution in [2.24, 2.45) is 5.73 Å². The van der Waals surface area contributed by atoms with Crippen LogP contribution in [0.15, 0.2) is 0 Å². The van der Waals surface area contributed by atoms with Crippen LogP contribution in [0.25, 0.3) is 0 Å². The van der Waals surface area contributed by atoms with Crippen LogP contribution in [0.1, 0.15) is 27.2 Å². The first-order valence-corrected chi connectivity index (χ1v) is 4.53. The van der Waals surface area contributed by atoms with Crippen LogP contribution < -0.4 is 5.73 Å². The summed E-state index contributed by atoms with van der Waals surface area (Å²) >= 11 is 0. The highest BCUT2D eigenvalue weighted by atomic mass is 16.3. The van der Waals surface area contributed by atoms with Gasteiger partial charge in [-0.2, -0.15) is 0 Å². The summed E-state index contributed by atoms with van der Waals surface area (Å²) in [7, 11) is 2.01. The van der Waals surface area contributed by atoms with Crippen LogP contribution in [-0.2, 0) is 0 Å². The third-order valence-corrected chi connectivity index (χ3v) is 2.85. The van der Waals surface area contributed by atoms with Crippen molar-refractivity contribution in [1.29, 1.82) is 0 Å². The average Bonchev–Trinajstić information content (AvgIpc) is 2.06. The second-order valence-corrected chi connectivity index (χ2v) is 3.85. The molecule has 1 unspecified atom stereocenters. The van der Waals surface area contributed by atoms with Crippen molar-refractivity contribution in [2.75, 3.05) is 20.2 Å². The Morgan fingerprint density at radius 2 is 2.00 bits per heavy atom. The van der Waals surface area contributed by atoms with Crippen LogP contribution in [0.3, 0.4) is 0 Å². The van der Waals surface area contributed by atoms with Crippen molar-refractivity contribution in [1.82, 2.24) is 4.90 Å². The van der Waals surface area contributed by atoms with Crippen molar-refractivity contribution in [3.63, 3.8) is 0 Å². The Morgan fingerprint density at radius 1 is 1.50 bits per heavy atom. The van der Waals surface area contributed by atoms with Gasteiger partial charge >= 0.3 is 0 Å². The predicted octanol–water partition coefficient (Wildman–Crippen LogP) is 0.426. The van der Waals surface area contributed by atoms with Crippen LogP contribution >= 0.6 is 0 Å². The molecular weight excluding hydrogens is 152 g/mol. The third-order valence-electron chi connectivity index (χ3n) is 2.85. The molecule has 0 saturated heterocycles. The van der Waals surface area contributed by atoms with Gasteiger partial charge in [0.2, 0.25) is 0 Å². The minimum atomic E-state index is 0.0833. The van der Waals surface area contributed by atoms with E-state index in [4.69, 9.17) is 10.8 Å². The second kappa shape index (κ2) is 4.80. The SMILES string of the molecule is CCC(C)(C)N(C)C(CN)CO. The molecule has 0 aromatic heterocycles. The zero-order chi connectivity index (χ0) is 9.78. The Hall–Kier alpha value is -0.120. The normalized spacial score (nSPS) is 15.2. The Kier molecular flexibility index (Phi) is 4.75. The molecule has 0 bridgehead atoms. The fourth-order valence-corrected chi connectivity index (χ4v) is 1.10. The molecule has 1 atom stereocenters. The predicted molar refractivity (Wildman–Crippen MR) is 52.1 cm³/mol. The van der Waals surface area contributed by atoms with Crippen molar-refractivity contribution in [3.8, 4) is 0 Å². The number of hydrogen-bond acceptors (Lipinski definition) is 3. The number of nitrogens with two attached hydrogens (primary N) is 1. The number of likely N-dealkylation sites (N-methyl/N-ethyl adjacent to an activating group) is 1. The van der Waals surface area contributed by atoms with Gasteiger partial charge in [-0.3, -0.25) is 4.90 Å². The minimum Gasteiger partial charge on any atom is -0.395 e. The lowest BCUT2D eigenvalue weighted by Gasteiger charge is -2.39. The topological polar surface area (TPSA) is 49.5 Å². The molecule has 0 rings (SSSR count). The molecule has 0 aliphatic rings. The Bertz CT molecular complexity index is 122. The molecule has 3 heteroatoms. The van der Waals surface area contributed by atoms with Crippen molar-refractivity contribution < 1.29 is 5.11 Å². The first-order chi connectivity index (χ1) is 5.49. The molecule has 0 saturated carbocycles. The smallest absolute Gasteiger partial charge is 0.0599 e. The van der Waals surface area contributed by atoms with Crippen molar-refractivity contribution in [3.05, 3.63) is 0 Å². The largest absolute Gasteiger partial charge is 0.395 e. The van der Waals surface area contributed by atoms with E-state index in [1.807, 2.05) is 7.05 Å². The number of rotatable bonds is 5.